The van der Waals surface area contributed by atoms with E-state index in [1.165, 1.54) is 0 Å². The molecule has 0 saturated heterocycles. The molecule has 0 saturated carbocycles. The molecule has 4 aromatic rings. The molecule has 0 aliphatic heterocycles. The summed E-state index contributed by atoms with van der Waals surface area (Å²) >= 11 is 8.70. The van der Waals surface area contributed by atoms with Crippen LogP contribution in [-0.2, 0) is 0 Å². The molecule has 0 fully saturated rings. The first-order valence-electron chi connectivity index (χ1n) is 8.35. The van der Waals surface area contributed by atoms with Crippen LogP contribution < -0.4 is 0 Å². The summed E-state index contributed by atoms with van der Waals surface area (Å²) in [6.45, 7) is 1.56. The molecule has 2 nitrogen and oxygen atoms in total. The SMILES string of the molecule is CC(=O)c1ccc2ccccc2c1S.N#Cc1ccc2ccccc2c1S. The maximum absolute atomic E-state index is 11.3. The fraction of sp³-hybridized carbons (Fsp3) is 0.0435. The van der Waals surface area contributed by atoms with Gasteiger partial charge in [-0.2, -0.15) is 5.26 Å². The number of ketones is 1. The highest BCUT2D eigenvalue weighted by atomic mass is 32.1. The van der Waals surface area contributed by atoms with Gasteiger partial charge in [0, 0.05) is 15.4 Å². The van der Waals surface area contributed by atoms with Crippen molar-refractivity contribution < 1.29 is 4.79 Å². The Morgan fingerprint density at radius 1 is 0.778 bits per heavy atom. The normalized spacial score (nSPS) is 10.1. The van der Waals surface area contributed by atoms with Crippen molar-refractivity contribution in [2.45, 2.75) is 16.7 Å². The number of benzene rings is 4. The van der Waals surface area contributed by atoms with Crippen molar-refractivity contribution in [3.8, 4) is 6.07 Å². The highest BCUT2D eigenvalue weighted by Gasteiger charge is 2.07. The molecule has 4 aromatic carbocycles. The number of carbonyl (C=O) groups excluding carboxylic acids is 1. The van der Waals surface area contributed by atoms with Crippen LogP contribution in [0.4, 0.5) is 0 Å². The number of hydrogen-bond acceptors (Lipinski definition) is 4. The minimum Gasteiger partial charge on any atom is -0.294 e. The van der Waals surface area contributed by atoms with E-state index in [-0.39, 0.29) is 5.78 Å². The van der Waals surface area contributed by atoms with Crippen LogP contribution in [0, 0.1) is 11.3 Å². The van der Waals surface area contributed by atoms with Crippen LogP contribution in [0.25, 0.3) is 21.5 Å². The van der Waals surface area contributed by atoms with E-state index in [9.17, 15) is 4.79 Å². The third kappa shape index (κ3) is 4.00. The first-order chi connectivity index (χ1) is 13.0. The van der Waals surface area contributed by atoms with Gasteiger partial charge >= 0.3 is 0 Å². The Bertz CT molecular complexity index is 1190. The Morgan fingerprint density at radius 3 is 1.85 bits per heavy atom. The Hall–Kier alpha value is -2.74. The summed E-state index contributed by atoms with van der Waals surface area (Å²) in [4.78, 5) is 12.8. The Labute approximate surface area is 169 Å². The summed E-state index contributed by atoms with van der Waals surface area (Å²) in [5.41, 5.74) is 1.31. The second-order valence-electron chi connectivity index (χ2n) is 6.03. The molecule has 0 heterocycles. The second kappa shape index (κ2) is 8.30. The van der Waals surface area contributed by atoms with Gasteiger partial charge < -0.3 is 0 Å². The Kier molecular flexibility index (Phi) is 5.85. The monoisotopic (exact) mass is 387 g/mol. The van der Waals surface area contributed by atoms with Gasteiger partial charge in [-0.05, 0) is 40.6 Å². The molecule has 27 heavy (non-hydrogen) atoms. The van der Waals surface area contributed by atoms with E-state index >= 15 is 0 Å². The number of nitriles is 1. The molecule has 0 atom stereocenters. The van der Waals surface area contributed by atoms with E-state index < -0.39 is 0 Å². The van der Waals surface area contributed by atoms with E-state index in [1.807, 2.05) is 66.7 Å². The number of Topliss-reactive ketones (excluding diaryl/α,β-unsaturated/α-hetero) is 1. The third-order valence-electron chi connectivity index (χ3n) is 4.30. The molecular weight excluding hydrogens is 370 g/mol. The van der Waals surface area contributed by atoms with Crippen molar-refractivity contribution >= 4 is 52.6 Å². The first-order valence-corrected chi connectivity index (χ1v) is 9.25. The van der Waals surface area contributed by atoms with E-state index in [2.05, 4.69) is 31.3 Å². The standard InChI is InChI=1S/C12H10OS.C11H7NS/c1-8(13)10-7-6-9-4-2-3-5-11(9)12(10)14;12-7-9-6-5-8-3-1-2-4-10(8)11(9)13/h2-7,14H,1H3;1-6,13H. The lowest BCUT2D eigenvalue weighted by atomic mass is 10.0. The molecule has 0 spiro atoms. The summed E-state index contributed by atoms with van der Waals surface area (Å²) in [5, 5.41) is 13.1. The average Bonchev–Trinajstić information content (AvgIpc) is 2.69. The summed E-state index contributed by atoms with van der Waals surface area (Å²) in [6, 6.07) is 25.4. The van der Waals surface area contributed by atoms with E-state index in [0.29, 0.717) is 11.1 Å². The third-order valence-corrected chi connectivity index (χ3v) is 5.26. The van der Waals surface area contributed by atoms with Crippen molar-refractivity contribution in [1.82, 2.24) is 0 Å². The summed E-state index contributed by atoms with van der Waals surface area (Å²) in [7, 11) is 0. The van der Waals surface area contributed by atoms with Gasteiger partial charge in [0.2, 0.25) is 0 Å². The Balaban J connectivity index is 0.000000156. The zero-order chi connectivity index (χ0) is 19.4. The number of fused-ring (bicyclic) bond motifs is 2. The summed E-state index contributed by atoms with van der Waals surface area (Å²) in [5.74, 6) is 0.0563. The van der Waals surface area contributed by atoms with Crippen LogP contribution in [0.5, 0.6) is 0 Å². The van der Waals surface area contributed by atoms with E-state index in [4.69, 9.17) is 5.26 Å². The van der Waals surface area contributed by atoms with Gasteiger partial charge in [-0.1, -0.05) is 60.7 Å². The molecule has 0 radical (unpaired) electrons. The lowest BCUT2D eigenvalue weighted by Gasteiger charge is -2.05. The van der Waals surface area contributed by atoms with Gasteiger partial charge in [0.1, 0.15) is 6.07 Å². The molecule has 0 N–H and O–H groups in total. The summed E-state index contributed by atoms with van der Waals surface area (Å²) in [6.07, 6.45) is 0. The number of carbonyl (C=O) groups is 1. The van der Waals surface area contributed by atoms with Crippen LogP contribution in [0.3, 0.4) is 0 Å². The van der Waals surface area contributed by atoms with Crippen molar-refractivity contribution in [1.29, 1.82) is 5.26 Å². The van der Waals surface area contributed by atoms with Crippen molar-refractivity contribution in [3.63, 3.8) is 0 Å². The summed E-state index contributed by atoms with van der Waals surface area (Å²) < 4.78 is 0. The zero-order valence-electron chi connectivity index (χ0n) is 14.7. The fourth-order valence-corrected chi connectivity index (χ4v) is 3.65. The minimum absolute atomic E-state index is 0.0563. The predicted octanol–water partition coefficient (Wildman–Crippen LogP) is 6.33. The molecule has 0 aromatic heterocycles. The van der Waals surface area contributed by atoms with Crippen LogP contribution in [0.15, 0.2) is 82.6 Å². The second-order valence-corrected chi connectivity index (χ2v) is 6.93. The van der Waals surface area contributed by atoms with Gasteiger partial charge in [0.05, 0.1) is 5.56 Å². The maximum Gasteiger partial charge on any atom is 0.160 e. The lowest BCUT2D eigenvalue weighted by Crippen LogP contribution is -1.93. The molecule has 0 aliphatic carbocycles. The molecular formula is C23H17NOS2. The van der Waals surface area contributed by atoms with Crippen molar-refractivity contribution in [2.24, 2.45) is 0 Å². The number of rotatable bonds is 1. The average molecular weight is 388 g/mol. The minimum atomic E-state index is 0.0563. The number of thiol groups is 2. The molecule has 0 amide bonds. The molecule has 0 aliphatic rings. The van der Waals surface area contributed by atoms with Crippen molar-refractivity contribution in [2.75, 3.05) is 0 Å². The molecule has 4 heteroatoms. The highest BCUT2D eigenvalue weighted by molar-refractivity contribution is 7.80. The Morgan fingerprint density at radius 2 is 1.30 bits per heavy atom. The highest BCUT2D eigenvalue weighted by Crippen LogP contribution is 2.26. The van der Waals surface area contributed by atoms with Crippen LogP contribution in [0.2, 0.25) is 0 Å². The van der Waals surface area contributed by atoms with Gasteiger partial charge in [-0.15, -0.1) is 25.3 Å². The predicted molar refractivity (Wildman–Crippen MR) is 117 cm³/mol. The van der Waals surface area contributed by atoms with Gasteiger partial charge in [-0.3, -0.25) is 4.79 Å². The van der Waals surface area contributed by atoms with Crippen LogP contribution in [0.1, 0.15) is 22.8 Å². The topological polar surface area (TPSA) is 40.9 Å². The van der Waals surface area contributed by atoms with Crippen LogP contribution >= 0.6 is 25.3 Å². The first kappa shape index (κ1) is 19.0. The van der Waals surface area contributed by atoms with Gasteiger partial charge in [0.25, 0.3) is 0 Å². The quantitative estimate of drug-likeness (QED) is 0.296. The van der Waals surface area contributed by atoms with Gasteiger partial charge in [-0.25, -0.2) is 0 Å². The molecule has 132 valence electrons. The largest absolute Gasteiger partial charge is 0.294 e. The number of nitrogens with zero attached hydrogens (tertiary/aromatic N) is 1. The van der Waals surface area contributed by atoms with E-state index in [0.717, 1.165) is 31.3 Å². The number of hydrogen-bond donors (Lipinski definition) is 2. The van der Waals surface area contributed by atoms with Crippen LogP contribution in [-0.4, -0.2) is 5.78 Å². The zero-order valence-corrected chi connectivity index (χ0v) is 16.5. The molecule has 4 rings (SSSR count). The van der Waals surface area contributed by atoms with Gasteiger partial charge in [0.15, 0.2) is 5.78 Å². The lowest BCUT2D eigenvalue weighted by molar-refractivity contribution is 0.101. The molecule has 0 unspecified atom stereocenters. The maximum atomic E-state index is 11.3. The van der Waals surface area contributed by atoms with Crippen molar-refractivity contribution in [3.05, 3.63) is 83.9 Å². The molecule has 0 bridgehead atoms. The smallest absolute Gasteiger partial charge is 0.160 e. The fourth-order valence-electron chi connectivity index (χ4n) is 2.88. The van der Waals surface area contributed by atoms with E-state index in [1.54, 1.807) is 13.0 Å².